The summed E-state index contributed by atoms with van der Waals surface area (Å²) in [5.41, 5.74) is 0. The van der Waals surface area contributed by atoms with Gasteiger partial charge in [0, 0.05) is 20.8 Å². The molecule has 47 nitrogen and oxygen atoms in total. The Morgan fingerprint density at radius 3 is 1.11 bits per heavy atom. The van der Waals surface area contributed by atoms with Crippen LogP contribution in [-0.2, 0) is 94.9 Å². The molecule has 0 aliphatic carbocycles. The zero-order chi connectivity index (χ0) is 77.9. The van der Waals surface area contributed by atoms with Gasteiger partial charge in [-0.3, -0.25) is 14.4 Å². The third-order valence-electron chi connectivity index (χ3n) is 19.6. The summed E-state index contributed by atoms with van der Waals surface area (Å²) in [5.74, 6) is -2.72. The van der Waals surface area contributed by atoms with Crippen molar-refractivity contribution < 1.29 is 217 Å². The van der Waals surface area contributed by atoms with Crippen LogP contribution in [0.1, 0.15) is 27.7 Å². The molecule has 1 unspecified atom stereocenters. The summed E-state index contributed by atoms with van der Waals surface area (Å²) in [4.78, 5) is 38.8. The van der Waals surface area contributed by atoms with Crippen molar-refractivity contribution in [2.24, 2.45) is 0 Å². The Hall–Kier alpha value is -3.23. The summed E-state index contributed by atoms with van der Waals surface area (Å²) < 4.78 is 101. The first-order chi connectivity index (χ1) is 50.2. The molecule has 9 heterocycles. The predicted molar refractivity (Wildman–Crippen MR) is 324 cm³/mol. The van der Waals surface area contributed by atoms with Gasteiger partial charge in [-0.1, -0.05) is 0 Å². The van der Waals surface area contributed by atoms with Crippen LogP contribution in [-0.4, -0.2) is 463 Å². The van der Waals surface area contributed by atoms with E-state index >= 15 is 0 Å². The summed E-state index contributed by atoms with van der Waals surface area (Å²) in [7, 11) is 0. The van der Waals surface area contributed by atoms with Gasteiger partial charge in [-0.2, -0.15) is 0 Å². The third-order valence-corrected chi connectivity index (χ3v) is 19.6. The van der Waals surface area contributed by atoms with Crippen LogP contribution in [0.5, 0.6) is 0 Å². The van der Waals surface area contributed by atoms with Gasteiger partial charge in [0.25, 0.3) is 0 Å². The van der Waals surface area contributed by atoms with E-state index in [0.717, 1.165) is 20.8 Å². The van der Waals surface area contributed by atoms with Crippen LogP contribution in [0.3, 0.4) is 0 Å². The van der Waals surface area contributed by atoms with Gasteiger partial charge in [-0.15, -0.1) is 0 Å². The van der Waals surface area contributed by atoms with E-state index in [1.807, 2.05) is 0 Å². The number of aliphatic hydroxyl groups excluding tert-OH is 24. The normalized spacial score (nSPS) is 50.3. The molecular weight excluding hydrogens is 1450 g/mol. The summed E-state index contributed by atoms with van der Waals surface area (Å²) >= 11 is 0. The van der Waals surface area contributed by atoms with Crippen LogP contribution in [0.4, 0.5) is 0 Å². The fourth-order valence-electron chi connectivity index (χ4n) is 13.8. The van der Waals surface area contributed by atoms with Crippen LogP contribution in [0.25, 0.3) is 0 Å². The highest BCUT2D eigenvalue weighted by atomic mass is 16.8. The highest BCUT2D eigenvalue weighted by Gasteiger charge is 2.61. The van der Waals surface area contributed by atoms with Crippen LogP contribution < -0.4 is 16.0 Å². The summed E-state index contributed by atoms with van der Waals surface area (Å²) in [6, 6.07) is -5.57. The van der Waals surface area contributed by atoms with Gasteiger partial charge in [-0.25, -0.2) is 0 Å². The molecule has 47 heteroatoms. The molecule has 0 aromatic heterocycles. The Kier molecular flexibility index (Phi) is 30.8. The number of carbonyl (C=O) groups excluding carboxylic acids is 3. The lowest BCUT2D eigenvalue weighted by atomic mass is 9.93. The van der Waals surface area contributed by atoms with Crippen LogP contribution in [0.2, 0.25) is 0 Å². The van der Waals surface area contributed by atoms with E-state index in [1.54, 1.807) is 0 Å². The lowest BCUT2D eigenvalue weighted by Crippen LogP contribution is -2.71. The summed E-state index contributed by atoms with van der Waals surface area (Å²) in [6.07, 6.45) is -83.2. The van der Waals surface area contributed by atoms with Crippen molar-refractivity contribution in [1.82, 2.24) is 16.0 Å². The average molecular weight is 1550 g/mol. The van der Waals surface area contributed by atoms with E-state index < -0.39 is 341 Å². The molecule has 9 aliphatic rings. The van der Waals surface area contributed by atoms with Gasteiger partial charge < -0.3 is 219 Å². The molecule has 0 saturated carbocycles. The Morgan fingerprint density at radius 2 is 0.585 bits per heavy atom. The molecule has 27 N–H and O–H groups in total. The zero-order valence-corrected chi connectivity index (χ0v) is 57.0. The molecule has 9 fully saturated rings. The summed E-state index contributed by atoms with van der Waals surface area (Å²) in [5, 5.41) is 272. The number of amides is 3. The molecule has 106 heavy (non-hydrogen) atoms. The van der Waals surface area contributed by atoms with Gasteiger partial charge in [0.15, 0.2) is 56.6 Å². The lowest BCUT2D eigenvalue weighted by Gasteiger charge is -2.52. The largest absolute Gasteiger partial charge is 0.394 e. The minimum absolute atomic E-state index is 0.841. The molecule has 0 aromatic carbocycles. The van der Waals surface area contributed by atoms with E-state index in [1.165, 1.54) is 6.92 Å². The van der Waals surface area contributed by atoms with E-state index in [2.05, 4.69) is 16.0 Å². The van der Waals surface area contributed by atoms with E-state index in [-0.39, 0.29) is 0 Å². The maximum atomic E-state index is 13.2. The van der Waals surface area contributed by atoms with Gasteiger partial charge >= 0.3 is 0 Å². The van der Waals surface area contributed by atoms with Crippen LogP contribution in [0.15, 0.2) is 0 Å². The molecule has 9 rings (SSSR count). The second kappa shape index (κ2) is 37.6. The van der Waals surface area contributed by atoms with Crippen molar-refractivity contribution in [3.63, 3.8) is 0 Å². The van der Waals surface area contributed by atoms with E-state index in [4.69, 9.17) is 80.5 Å². The molecule has 0 aromatic rings. The quantitative estimate of drug-likeness (QED) is 0.0363. The predicted octanol–water partition coefficient (Wildman–Crippen LogP) is -18.5. The topological polar surface area (TPSA) is 730 Å². The Morgan fingerprint density at radius 1 is 0.264 bits per heavy atom. The maximum Gasteiger partial charge on any atom is 0.217 e. The van der Waals surface area contributed by atoms with Crippen molar-refractivity contribution in [1.29, 1.82) is 0 Å². The van der Waals surface area contributed by atoms with Crippen molar-refractivity contribution in [2.45, 2.75) is 298 Å². The Labute approximate surface area is 600 Å². The molecular formula is C59H99N3O44. The first-order valence-corrected chi connectivity index (χ1v) is 33.9. The Bertz CT molecular complexity index is 2760. The fraction of sp³-hybridized carbons (Fsp3) is 0.949. The van der Waals surface area contributed by atoms with Crippen molar-refractivity contribution in [3.05, 3.63) is 0 Å². The number of carbonyl (C=O) groups is 3. The molecule has 614 valence electrons. The van der Waals surface area contributed by atoms with Crippen molar-refractivity contribution in [2.75, 3.05) is 52.9 Å². The first-order valence-electron chi connectivity index (χ1n) is 33.9. The molecule has 9 saturated heterocycles. The molecule has 9 aliphatic heterocycles. The molecule has 0 spiro atoms. The van der Waals surface area contributed by atoms with Gasteiger partial charge in [-0.05, 0) is 6.92 Å². The maximum absolute atomic E-state index is 13.2. The second-order valence-corrected chi connectivity index (χ2v) is 26.9. The first kappa shape index (κ1) is 86.7. The number of hydrogen-bond acceptors (Lipinski definition) is 44. The second-order valence-electron chi connectivity index (χ2n) is 26.9. The highest BCUT2D eigenvalue weighted by Crippen LogP contribution is 2.41. The summed E-state index contributed by atoms with van der Waals surface area (Å²) in [6.45, 7) is -4.43. The fourth-order valence-corrected chi connectivity index (χ4v) is 13.8. The van der Waals surface area contributed by atoms with Crippen molar-refractivity contribution in [3.8, 4) is 0 Å². The zero-order valence-electron chi connectivity index (χ0n) is 57.0. The average Bonchev–Trinajstić information content (AvgIpc) is 0.891. The van der Waals surface area contributed by atoms with E-state index in [0.29, 0.717) is 0 Å². The monoisotopic (exact) mass is 1550 g/mol. The number of ether oxygens (including phenoxy) is 17. The number of hydrogen-bond donors (Lipinski definition) is 27. The van der Waals surface area contributed by atoms with Gasteiger partial charge in [0.1, 0.15) is 207 Å². The number of aliphatic hydroxyl groups is 24. The molecule has 0 radical (unpaired) electrons. The highest BCUT2D eigenvalue weighted by molar-refractivity contribution is 5.74. The molecule has 44 atom stereocenters. The van der Waals surface area contributed by atoms with Crippen LogP contribution >= 0.6 is 0 Å². The number of rotatable bonds is 27. The lowest BCUT2D eigenvalue weighted by molar-refractivity contribution is -0.403. The smallest absolute Gasteiger partial charge is 0.217 e. The van der Waals surface area contributed by atoms with Crippen molar-refractivity contribution >= 4 is 17.7 Å². The minimum Gasteiger partial charge on any atom is -0.394 e. The van der Waals surface area contributed by atoms with Gasteiger partial charge in [0.05, 0.1) is 59.0 Å². The number of nitrogens with one attached hydrogen (secondary N) is 3. The van der Waals surface area contributed by atoms with E-state index in [9.17, 15) is 137 Å². The minimum atomic E-state index is -2.52. The van der Waals surface area contributed by atoms with Gasteiger partial charge in [0.2, 0.25) is 17.7 Å². The standard InChI is InChI=1S/C59H99N3O44/c1-13-28(73)35(80)41(86)55(91-13)104-48-26(61-15(3)71)51(89)92-23(11-69)46(48)102-52-25(60-14(2)70)34(79)44(21(9-67)97-52)101-59-50(106-56-39(84)31(76)19(7-65)96-56)49(33(78)24(99-59)12-90-54-40(85)36(81)29(74)17(5-63)94-54)105-58-43(88)38(83)45(22(10-68)98-58)100-53-27(62-16(4)72)47(32(77)20(8-66)93-53)103-57-42(87)37(82)30(75)18(6-64)95-57/h13,17-59,63-69,73-89H,5-12H2,1-4H3,(H,60,70)(H,61,71)(H,62,72)/t13-,17+,18+,19+,20+,21+,22+,23+,24+,25+,26+,27+,28+,29+,30-,31-,32+,33+,34+,35+,36+,37-,38+,39+,40-,41-,42+,43-,44+,45+,46+,47+,48+,49-,50-,51?,52-,53-,54-,55-,56-,57-,58+,59-/m0/s1. The molecule has 0 bridgehead atoms. The molecule has 3 amide bonds. The SMILES string of the molecule is CC(=O)N[C@H]1[C@H](O[C@H]2[C@H](O[C@@H]3O[C@@H](C)[C@@H](O)[C@@H](O)[C@@H]3O)[C@@H](NC(C)=O)C(O)O[C@@H]2CO)O[C@H](CO)[C@@H](O[C@@H]2O[C@H](CO[C@H]3O[C@H](CO)[C@@H](O)[C@@H](O)[C@@H]3O)[C@@H](O)[C@H](O[C@H]3O[C@H](CO)[C@@H](O[C@@H]4O[C@H](CO)[C@@H](O)[C@H](O[C@@H]5O[C@H](CO)[C@H](O)[C@H](O)[C@H]5O)[C@H]4NC(C)=O)[C@H](O)[C@@H]3O)[C@@H]2O[C@@H]2O[C@H](CO)[C@H](O)[C@H]2O)[C@@H]1O. The van der Waals surface area contributed by atoms with Crippen LogP contribution in [0, 0.1) is 0 Å². The third kappa shape index (κ3) is 18.7. The Balaban J connectivity index is 1.06.